The Balaban J connectivity index is 2.36. The van der Waals surface area contributed by atoms with E-state index >= 15 is 0 Å². The number of imidazole rings is 1. The summed E-state index contributed by atoms with van der Waals surface area (Å²) in [6.07, 6.45) is 7.70. The van der Waals surface area contributed by atoms with Gasteiger partial charge in [-0.2, -0.15) is 0 Å². The van der Waals surface area contributed by atoms with Gasteiger partial charge < -0.3 is 5.32 Å². The van der Waals surface area contributed by atoms with Crippen LogP contribution in [-0.2, 0) is 13.0 Å². The van der Waals surface area contributed by atoms with Crippen LogP contribution in [0.3, 0.4) is 0 Å². The van der Waals surface area contributed by atoms with E-state index in [-0.39, 0.29) is 0 Å². The molecule has 0 atom stereocenters. The van der Waals surface area contributed by atoms with E-state index in [1.807, 2.05) is 18.6 Å². The Morgan fingerprint density at radius 2 is 2.15 bits per heavy atom. The summed E-state index contributed by atoms with van der Waals surface area (Å²) in [5.41, 5.74) is 1.17. The Kier molecular flexibility index (Phi) is 5.31. The second-order valence-corrected chi connectivity index (χ2v) is 6.05. The zero-order valence-electron chi connectivity index (χ0n) is 12.2. The first-order valence-corrected chi connectivity index (χ1v) is 7.81. The fourth-order valence-corrected chi connectivity index (χ4v) is 2.45. The standard InChI is InChI=1S/C15H21BrN4/c1-4-5-14-17-6-7-20(14)15-12(9-18-11(2)3)8-13(16)10-19-15/h6-8,10-11,18H,4-5,9H2,1-3H3. The van der Waals surface area contributed by atoms with E-state index in [2.05, 4.69) is 62.6 Å². The molecule has 20 heavy (non-hydrogen) atoms. The van der Waals surface area contributed by atoms with Crippen molar-refractivity contribution < 1.29 is 0 Å². The molecule has 2 heterocycles. The third kappa shape index (κ3) is 3.67. The van der Waals surface area contributed by atoms with Crippen molar-refractivity contribution >= 4 is 15.9 Å². The first kappa shape index (κ1) is 15.2. The van der Waals surface area contributed by atoms with E-state index in [1.54, 1.807) is 0 Å². The molecule has 4 nitrogen and oxygen atoms in total. The molecule has 2 aromatic rings. The summed E-state index contributed by atoms with van der Waals surface area (Å²) in [5, 5.41) is 3.45. The number of nitrogens with zero attached hydrogens (tertiary/aromatic N) is 3. The molecule has 1 N–H and O–H groups in total. The fourth-order valence-electron chi connectivity index (χ4n) is 2.07. The van der Waals surface area contributed by atoms with Gasteiger partial charge in [-0.25, -0.2) is 9.97 Å². The van der Waals surface area contributed by atoms with E-state index in [0.29, 0.717) is 6.04 Å². The predicted octanol–water partition coefficient (Wildman–Crippen LogP) is 3.48. The van der Waals surface area contributed by atoms with Crippen LogP contribution in [-0.4, -0.2) is 20.6 Å². The zero-order chi connectivity index (χ0) is 14.5. The van der Waals surface area contributed by atoms with Gasteiger partial charge in [0.25, 0.3) is 0 Å². The van der Waals surface area contributed by atoms with Gasteiger partial charge in [-0.3, -0.25) is 4.57 Å². The molecule has 0 saturated carbocycles. The van der Waals surface area contributed by atoms with Crippen LogP contribution in [0.4, 0.5) is 0 Å². The Morgan fingerprint density at radius 1 is 1.35 bits per heavy atom. The SMILES string of the molecule is CCCc1nccn1-c1ncc(Br)cc1CNC(C)C. The maximum Gasteiger partial charge on any atom is 0.142 e. The van der Waals surface area contributed by atoms with Crippen molar-refractivity contribution in [3.05, 3.63) is 40.5 Å². The van der Waals surface area contributed by atoms with Crippen molar-refractivity contribution in [1.82, 2.24) is 19.9 Å². The third-order valence-electron chi connectivity index (χ3n) is 3.03. The highest BCUT2D eigenvalue weighted by molar-refractivity contribution is 9.10. The largest absolute Gasteiger partial charge is 0.310 e. The third-order valence-corrected chi connectivity index (χ3v) is 3.46. The molecule has 0 aliphatic carbocycles. The van der Waals surface area contributed by atoms with E-state index in [4.69, 9.17) is 0 Å². The summed E-state index contributed by atoms with van der Waals surface area (Å²) in [7, 11) is 0. The number of hydrogen-bond acceptors (Lipinski definition) is 3. The van der Waals surface area contributed by atoms with Crippen LogP contribution in [0.1, 0.15) is 38.6 Å². The molecule has 108 valence electrons. The highest BCUT2D eigenvalue weighted by atomic mass is 79.9. The van der Waals surface area contributed by atoms with Crippen molar-refractivity contribution in [2.75, 3.05) is 0 Å². The van der Waals surface area contributed by atoms with Crippen molar-refractivity contribution in [2.45, 2.75) is 46.2 Å². The van der Waals surface area contributed by atoms with Gasteiger partial charge in [0.15, 0.2) is 0 Å². The summed E-state index contributed by atoms with van der Waals surface area (Å²) in [6, 6.07) is 2.56. The number of rotatable bonds is 6. The van der Waals surface area contributed by atoms with Crippen LogP contribution < -0.4 is 5.32 Å². The van der Waals surface area contributed by atoms with E-state index in [9.17, 15) is 0 Å². The molecule has 0 aliphatic rings. The smallest absolute Gasteiger partial charge is 0.142 e. The number of nitrogens with one attached hydrogen (secondary N) is 1. The maximum atomic E-state index is 4.58. The van der Waals surface area contributed by atoms with Gasteiger partial charge in [-0.05, 0) is 28.4 Å². The van der Waals surface area contributed by atoms with Gasteiger partial charge in [0.05, 0.1) is 0 Å². The number of aryl methyl sites for hydroxylation is 1. The van der Waals surface area contributed by atoms with Crippen molar-refractivity contribution in [3.8, 4) is 5.82 Å². The highest BCUT2D eigenvalue weighted by Gasteiger charge is 2.11. The van der Waals surface area contributed by atoms with Gasteiger partial charge in [0, 0.05) is 47.6 Å². The Hall–Kier alpha value is -1.20. The molecule has 0 aromatic carbocycles. The van der Waals surface area contributed by atoms with Crippen LogP contribution in [0.5, 0.6) is 0 Å². The van der Waals surface area contributed by atoms with Gasteiger partial charge >= 0.3 is 0 Å². The molecule has 0 bridgehead atoms. The first-order valence-electron chi connectivity index (χ1n) is 7.02. The van der Waals surface area contributed by atoms with Crippen LogP contribution >= 0.6 is 15.9 Å². The lowest BCUT2D eigenvalue weighted by molar-refractivity contribution is 0.585. The normalized spacial score (nSPS) is 11.2. The lowest BCUT2D eigenvalue weighted by atomic mass is 10.2. The predicted molar refractivity (Wildman–Crippen MR) is 85.0 cm³/mol. The monoisotopic (exact) mass is 336 g/mol. The van der Waals surface area contributed by atoms with Gasteiger partial charge in [-0.15, -0.1) is 0 Å². The minimum absolute atomic E-state index is 0.444. The molecule has 5 heteroatoms. The average molecular weight is 337 g/mol. The van der Waals surface area contributed by atoms with Crippen LogP contribution in [0.15, 0.2) is 29.1 Å². The van der Waals surface area contributed by atoms with Gasteiger partial charge in [0.2, 0.25) is 0 Å². The van der Waals surface area contributed by atoms with Crippen LogP contribution in [0, 0.1) is 0 Å². The number of aromatic nitrogens is 3. The van der Waals surface area contributed by atoms with E-state index in [0.717, 1.165) is 35.5 Å². The topological polar surface area (TPSA) is 42.7 Å². The molecule has 0 amide bonds. The number of halogens is 1. The van der Waals surface area contributed by atoms with E-state index in [1.165, 1.54) is 5.56 Å². The summed E-state index contributed by atoms with van der Waals surface area (Å²) < 4.78 is 3.09. The molecule has 0 saturated heterocycles. The molecular formula is C15H21BrN4. The number of pyridine rings is 1. The number of hydrogen-bond donors (Lipinski definition) is 1. The molecule has 0 spiro atoms. The zero-order valence-corrected chi connectivity index (χ0v) is 13.8. The lowest BCUT2D eigenvalue weighted by Crippen LogP contribution is -2.23. The maximum absolute atomic E-state index is 4.58. The molecule has 0 fully saturated rings. The molecule has 2 rings (SSSR count). The molecule has 0 unspecified atom stereocenters. The Morgan fingerprint density at radius 3 is 2.85 bits per heavy atom. The molecule has 0 aliphatic heterocycles. The second kappa shape index (κ2) is 6.99. The Labute approximate surface area is 128 Å². The second-order valence-electron chi connectivity index (χ2n) is 5.14. The minimum atomic E-state index is 0.444. The van der Waals surface area contributed by atoms with Crippen molar-refractivity contribution in [3.63, 3.8) is 0 Å². The highest BCUT2D eigenvalue weighted by Crippen LogP contribution is 2.19. The lowest BCUT2D eigenvalue weighted by Gasteiger charge is -2.14. The Bertz CT molecular complexity index is 563. The van der Waals surface area contributed by atoms with Crippen LogP contribution in [0.2, 0.25) is 0 Å². The minimum Gasteiger partial charge on any atom is -0.310 e. The van der Waals surface area contributed by atoms with Crippen molar-refractivity contribution in [2.24, 2.45) is 0 Å². The fraction of sp³-hybridized carbons (Fsp3) is 0.467. The molecule has 2 aromatic heterocycles. The summed E-state index contributed by atoms with van der Waals surface area (Å²) >= 11 is 3.50. The first-order chi connectivity index (χ1) is 9.61. The summed E-state index contributed by atoms with van der Waals surface area (Å²) in [6.45, 7) is 7.24. The van der Waals surface area contributed by atoms with Gasteiger partial charge in [-0.1, -0.05) is 20.8 Å². The average Bonchev–Trinajstić information content (AvgIpc) is 2.85. The van der Waals surface area contributed by atoms with E-state index < -0.39 is 0 Å². The summed E-state index contributed by atoms with van der Waals surface area (Å²) in [4.78, 5) is 9.01. The molecule has 0 radical (unpaired) electrons. The molecular weight excluding hydrogens is 316 g/mol. The van der Waals surface area contributed by atoms with Gasteiger partial charge in [0.1, 0.15) is 11.6 Å². The summed E-state index contributed by atoms with van der Waals surface area (Å²) in [5.74, 6) is 2.02. The van der Waals surface area contributed by atoms with Crippen molar-refractivity contribution in [1.29, 1.82) is 0 Å². The van der Waals surface area contributed by atoms with Crippen LogP contribution in [0.25, 0.3) is 5.82 Å². The quantitative estimate of drug-likeness (QED) is 0.878.